The van der Waals surface area contributed by atoms with Gasteiger partial charge in [0.2, 0.25) is 0 Å². The van der Waals surface area contributed by atoms with Crippen LogP contribution >= 0.6 is 11.6 Å². The van der Waals surface area contributed by atoms with Crippen LogP contribution in [-0.2, 0) is 0 Å². The predicted octanol–water partition coefficient (Wildman–Crippen LogP) is 2.55. The molecule has 5 heteroatoms. The summed E-state index contributed by atoms with van der Waals surface area (Å²) in [5.74, 6) is 0.573. The second kappa shape index (κ2) is 5.34. The molecule has 3 unspecified atom stereocenters. The average molecular weight is 297 g/mol. The molecule has 2 heterocycles. The second-order valence-electron chi connectivity index (χ2n) is 5.64. The molecule has 0 bridgehead atoms. The number of halogens is 2. The maximum Gasteiger partial charge on any atom is 0.255 e. The molecule has 20 heavy (non-hydrogen) atoms. The van der Waals surface area contributed by atoms with E-state index >= 15 is 0 Å². The van der Waals surface area contributed by atoms with Gasteiger partial charge in [-0.2, -0.15) is 0 Å². The smallest absolute Gasteiger partial charge is 0.255 e. The molecular weight excluding hydrogens is 279 g/mol. The minimum absolute atomic E-state index is 0.0729. The maximum absolute atomic E-state index is 13.1. The molecule has 0 aliphatic carbocycles. The molecule has 2 aliphatic rings. The van der Waals surface area contributed by atoms with Crippen LogP contribution in [-0.4, -0.2) is 36.5 Å². The van der Waals surface area contributed by atoms with E-state index in [4.69, 9.17) is 11.6 Å². The van der Waals surface area contributed by atoms with Gasteiger partial charge in [-0.05, 0) is 36.5 Å². The summed E-state index contributed by atoms with van der Waals surface area (Å²) in [6.45, 7) is 4.83. The summed E-state index contributed by atoms with van der Waals surface area (Å²) in [6.07, 6.45) is 0.938. The molecule has 2 fully saturated rings. The molecule has 1 aromatic carbocycles. The van der Waals surface area contributed by atoms with Crippen LogP contribution in [0.2, 0.25) is 5.02 Å². The number of hydrogen-bond acceptors (Lipinski definition) is 2. The van der Waals surface area contributed by atoms with Gasteiger partial charge in [0.15, 0.2) is 0 Å². The number of hydrogen-bond donors (Lipinski definition) is 1. The molecule has 3 rings (SSSR count). The number of likely N-dealkylation sites (tertiary alicyclic amines) is 1. The first kappa shape index (κ1) is 13.8. The number of carbonyl (C=O) groups is 1. The van der Waals surface area contributed by atoms with Crippen LogP contribution in [0.4, 0.5) is 4.39 Å². The molecule has 2 saturated heterocycles. The third-order valence-corrected chi connectivity index (χ3v) is 4.87. The van der Waals surface area contributed by atoms with E-state index in [2.05, 4.69) is 12.2 Å². The van der Waals surface area contributed by atoms with Crippen molar-refractivity contribution in [2.75, 3.05) is 19.6 Å². The Hall–Kier alpha value is -1.13. The molecule has 0 aromatic heterocycles. The Morgan fingerprint density at radius 3 is 3.00 bits per heavy atom. The van der Waals surface area contributed by atoms with E-state index in [1.54, 1.807) is 0 Å². The predicted molar refractivity (Wildman–Crippen MR) is 76.4 cm³/mol. The van der Waals surface area contributed by atoms with Gasteiger partial charge in [-0.1, -0.05) is 18.5 Å². The Morgan fingerprint density at radius 2 is 2.30 bits per heavy atom. The first-order chi connectivity index (χ1) is 9.61. The zero-order chi connectivity index (χ0) is 14.3. The fourth-order valence-electron chi connectivity index (χ4n) is 3.60. The summed E-state index contributed by atoms with van der Waals surface area (Å²) in [5, 5.41) is 3.59. The maximum atomic E-state index is 13.1. The van der Waals surface area contributed by atoms with Crippen LogP contribution in [0.15, 0.2) is 18.2 Å². The normalized spacial score (nSPS) is 28.8. The van der Waals surface area contributed by atoms with Crippen molar-refractivity contribution in [3.05, 3.63) is 34.6 Å². The lowest BCUT2D eigenvalue weighted by atomic mass is 9.93. The molecule has 0 saturated carbocycles. The third-order valence-electron chi connectivity index (χ3n) is 4.56. The highest BCUT2D eigenvalue weighted by atomic mass is 35.5. The van der Waals surface area contributed by atoms with Crippen LogP contribution in [0.3, 0.4) is 0 Å². The Bertz CT molecular complexity index is 537. The molecular formula is C15H18ClFN2O. The third kappa shape index (κ3) is 2.21. The first-order valence-corrected chi connectivity index (χ1v) is 7.46. The molecule has 0 spiro atoms. The highest BCUT2D eigenvalue weighted by Gasteiger charge is 2.45. The van der Waals surface area contributed by atoms with Crippen molar-refractivity contribution in [2.24, 2.45) is 11.8 Å². The quantitative estimate of drug-likeness (QED) is 0.910. The SMILES string of the molecule is CCC1C2CNCC2CN1C(=O)c1ccc(F)cc1Cl. The number of rotatable bonds is 2. The molecule has 1 N–H and O–H groups in total. The van der Waals surface area contributed by atoms with Crippen LogP contribution in [0.1, 0.15) is 23.7 Å². The van der Waals surface area contributed by atoms with Gasteiger partial charge in [0, 0.05) is 25.7 Å². The Morgan fingerprint density at radius 1 is 1.50 bits per heavy atom. The first-order valence-electron chi connectivity index (χ1n) is 7.08. The van der Waals surface area contributed by atoms with Crippen molar-refractivity contribution in [3.8, 4) is 0 Å². The Labute approximate surface area is 123 Å². The second-order valence-corrected chi connectivity index (χ2v) is 6.05. The standard InChI is InChI=1S/C15H18ClFN2O/c1-2-14-12-7-18-6-9(12)8-19(14)15(20)11-4-3-10(17)5-13(11)16/h3-5,9,12,14,18H,2,6-8H2,1H3. The van der Waals surface area contributed by atoms with E-state index in [0.717, 1.165) is 26.1 Å². The van der Waals surface area contributed by atoms with E-state index in [1.807, 2.05) is 4.90 Å². The molecule has 1 amide bonds. The van der Waals surface area contributed by atoms with Gasteiger partial charge in [0.25, 0.3) is 5.91 Å². The van der Waals surface area contributed by atoms with E-state index in [-0.39, 0.29) is 17.0 Å². The topological polar surface area (TPSA) is 32.3 Å². The lowest BCUT2D eigenvalue weighted by Crippen LogP contribution is -2.39. The van der Waals surface area contributed by atoms with Crippen LogP contribution in [0.25, 0.3) is 0 Å². The summed E-state index contributed by atoms with van der Waals surface area (Å²) >= 11 is 6.01. The van der Waals surface area contributed by atoms with Crippen LogP contribution < -0.4 is 5.32 Å². The van der Waals surface area contributed by atoms with Gasteiger partial charge in [-0.25, -0.2) is 4.39 Å². The summed E-state index contributed by atoms with van der Waals surface area (Å²) in [5.41, 5.74) is 0.402. The largest absolute Gasteiger partial charge is 0.335 e. The van der Waals surface area contributed by atoms with Crippen molar-refractivity contribution in [1.82, 2.24) is 10.2 Å². The van der Waals surface area contributed by atoms with Gasteiger partial charge in [-0.3, -0.25) is 4.79 Å². The van der Waals surface area contributed by atoms with Crippen molar-refractivity contribution < 1.29 is 9.18 Å². The molecule has 1 aromatic rings. The number of nitrogens with one attached hydrogen (secondary N) is 1. The van der Waals surface area contributed by atoms with Crippen molar-refractivity contribution in [1.29, 1.82) is 0 Å². The fraction of sp³-hybridized carbons (Fsp3) is 0.533. The van der Waals surface area contributed by atoms with Crippen molar-refractivity contribution in [3.63, 3.8) is 0 Å². The van der Waals surface area contributed by atoms with E-state index < -0.39 is 5.82 Å². The van der Waals surface area contributed by atoms with Gasteiger partial charge in [0.05, 0.1) is 10.6 Å². The highest BCUT2D eigenvalue weighted by Crippen LogP contribution is 2.35. The lowest BCUT2D eigenvalue weighted by molar-refractivity contribution is 0.0712. The number of carbonyl (C=O) groups excluding carboxylic acids is 1. The van der Waals surface area contributed by atoms with Crippen LogP contribution in [0.5, 0.6) is 0 Å². The molecule has 0 radical (unpaired) electrons. The number of fused-ring (bicyclic) bond motifs is 1. The van der Waals surface area contributed by atoms with E-state index in [9.17, 15) is 9.18 Å². The van der Waals surface area contributed by atoms with Crippen LogP contribution in [0, 0.1) is 17.7 Å². The molecule has 108 valence electrons. The average Bonchev–Trinajstić information content (AvgIpc) is 2.97. The minimum Gasteiger partial charge on any atom is -0.335 e. The zero-order valence-corrected chi connectivity index (χ0v) is 12.2. The number of benzene rings is 1. The highest BCUT2D eigenvalue weighted by molar-refractivity contribution is 6.33. The summed E-state index contributed by atoms with van der Waals surface area (Å²) in [6, 6.07) is 4.23. The van der Waals surface area contributed by atoms with Crippen molar-refractivity contribution >= 4 is 17.5 Å². The lowest BCUT2D eigenvalue weighted by Gasteiger charge is -2.27. The molecule has 3 nitrogen and oxygen atoms in total. The monoisotopic (exact) mass is 296 g/mol. The fourth-order valence-corrected chi connectivity index (χ4v) is 3.85. The minimum atomic E-state index is -0.416. The van der Waals surface area contributed by atoms with Gasteiger partial charge < -0.3 is 10.2 Å². The summed E-state index contributed by atoms with van der Waals surface area (Å²) in [4.78, 5) is 14.6. The number of nitrogens with zero attached hydrogens (tertiary/aromatic N) is 1. The van der Waals surface area contributed by atoms with Gasteiger partial charge in [-0.15, -0.1) is 0 Å². The van der Waals surface area contributed by atoms with E-state index in [1.165, 1.54) is 18.2 Å². The summed E-state index contributed by atoms with van der Waals surface area (Å²) in [7, 11) is 0. The molecule has 3 atom stereocenters. The van der Waals surface area contributed by atoms with Gasteiger partial charge in [0.1, 0.15) is 5.82 Å². The van der Waals surface area contributed by atoms with Gasteiger partial charge >= 0.3 is 0 Å². The summed E-state index contributed by atoms with van der Waals surface area (Å²) < 4.78 is 13.1. The van der Waals surface area contributed by atoms with E-state index in [0.29, 0.717) is 17.4 Å². The number of amides is 1. The Balaban J connectivity index is 1.86. The Kier molecular flexibility index (Phi) is 3.69. The zero-order valence-electron chi connectivity index (χ0n) is 11.4. The molecule has 2 aliphatic heterocycles. The van der Waals surface area contributed by atoms with Crippen molar-refractivity contribution in [2.45, 2.75) is 19.4 Å².